The Labute approximate surface area is 211 Å². The number of hydrogen-bond donors (Lipinski definition) is 2. The van der Waals surface area contributed by atoms with Crippen molar-refractivity contribution in [3.63, 3.8) is 0 Å². The molecule has 2 N–H and O–H groups in total. The third kappa shape index (κ3) is 3.88. The zero-order valence-electron chi connectivity index (χ0n) is 20.9. The number of aromatic nitrogens is 4. The molecule has 2 atom stereocenters. The molecular formula is C26H34N8O2. The Morgan fingerprint density at radius 1 is 1.14 bits per heavy atom. The van der Waals surface area contributed by atoms with E-state index >= 15 is 0 Å². The van der Waals surface area contributed by atoms with Gasteiger partial charge in [0.15, 0.2) is 0 Å². The van der Waals surface area contributed by atoms with E-state index in [1.54, 1.807) is 0 Å². The Morgan fingerprint density at radius 2 is 2.06 bits per heavy atom. The van der Waals surface area contributed by atoms with E-state index < -0.39 is 0 Å². The number of likely N-dealkylation sites (tertiary alicyclic amines) is 1. The van der Waals surface area contributed by atoms with Crippen molar-refractivity contribution in [2.45, 2.75) is 38.5 Å². The molecule has 0 bridgehead atoms. The van der Waals surface area contributed by atoms with Crippen LogP contribution in [0.1, 0.15) is 23.2 Å². The van der Waals surface area contributed by atoms with E-state index in [4.69, 9.17) is 19.4 Å². The first kappa shape index (κ1) is 22.3. The van der Waals surface area contributed by atoms with Crippen molar-refractivity contribution in [1.29, 1.82) is 0 Å². The fraction of sp³-hybridized carbons (Fsp3) is 0.577. The molecule has 7 rings (SSSR count). The SMILES string of the molecule is Cc1ccc2[nH]ncc2c1N1CCc2c(nc(OCCCN3CC4OC[C@H]43)nc2N2CCNCC2)C1. The number of hydrogen-bond acceptors (Lipinski definition) is 9. The van der Waals surface area contributed by atoms with Gasteiger partial charge >= 0.3 is 6.01 Å². The minimum atomic E-state index is 0.482. The average molecular weight is 491 g/mol. The maximum atomic E-state index is 6.17. The lowest BCUT2D eigenvalue weighted by atomic mass is 9.95. The molecule has 0 amide bonds. The molecule has 2 aromatic heterocycles. The Kier molecular flexibility index (Phi) is 5.67. The maximum Gasteiger partial charge on any atom is 0.318 e. The summed E-state index contributed by atoms with van der Waals surface area (Å²) in [6.45, 7) is 11.3. The number of benzene rings is 1. The molecule has 3 saturated heterocycles. The second-order valence-electron chi connectivity index (χ2n) is 10.4. The van der Waals surface area contributed by atoms with Crippen LogP contribution < -0.4 is 19.9 Å². The minimum absolute atomic E-state index is 0.482. The quantitative estimate of drug-likeness (QED) is 0.478. The van der Waals surface area contributed by atoms with Crippen LogP contribution in [0.15, 0.2) is 18.3 Å². The number of aryl methyl sites for hydroxylation is 1. The lowest BCUT2D eigenvalue weighted by molar-refractivity contribution is -0.214. The molecule has 36 heavy (non-hydrogen) atoms. The van der Waals surface area contributed by atoms with Crippen LogP contribution in [0.4, 0.5) is 11.5 Å². The van der Waals surface area contributed by atoms with Crippen molar-refractivity contribution >= 4 is 22.4 Å². The van der Waals surface area contributed by atoms with Gasteiger partial charge in [0, 0.05) is 56.8 Å². The number of anilines is 2. The maximum absolute atomic E-state index is 6.17. The van der Waals surface area contributed by atoms with Gasteiger partial charge in [-0.1, -0.05) is 6.07 Å². The van der Waals surface area contributed by atoms with Gasteiger partial charge in [0.2, 0.25) is 0 Å². The normalized spacial score (nSPS) is 23.7. The first-order chi connectivity index (χ1) is 17.7. The van der Waals surface area contributed by atoms with Gasteiger partial charge in [-0.25, -0.2) is 0 Å². The van der Waals surface area contributed by atoms with Crippen LogP contribution in [0, 0.1) is 6.92 Å². The number of aromatic amines is 1. The van der Waals surface area contributed by atoms with Gasteiger partial charge in [0.25, 0.3) is 0 Å². The van der Waals surface area contributed by atoms with E-state index in [-0.39, 0.29) is 0 Å². The second kappa shape index (κ2) is 9.17. The Balaban J connectivity index is 1.13. The molecule has 4 aliphatic rings. The molecule has 1 unspecified atom stereocenters. The van der Waals surface area contributed by atoms with Crippen molar-refractivity contribution in [3.8, 4) is 6.01 Å². The van der Waals surface area contributed by atoms with Crippen LogP contribution in [-0.2, 0) is 17.7 Å². The van der Waals surface area contributed by atoms with Crippen LogP contribution >= 0.6 is 0 Å². The van der Waals surface area contributed by atoms with Crippen LogP contribution in [0.3, 0.4) is 0 Å². The number of ether oxygens (including phenoxy) is 2. The first-order valence-corrected chi connectivity index (χ1v) is 13.3. The number of rotatable bonds is 7. The molecule has 190 valence electrons. The molecule has 10 heteroatoms. The number of fused-ring (bicyclic) bond motifs is 3. The number of nitrogens with one attached hydrogen (secondary N) is 2. The number of morpholine rings is 1. The van der Waals surface area contributed by atoms with Crippen LogP contribution in [0.2, 0.25) is 0 Å². The largest absolute Gasteiger partial charge is 0.463 e. The van der Waals surface area contributed by atoms with Crippen LogP contribution in [0.5, 0.6) is 6.01 Å². The molecule has 3 aromatic rings. The molecule has 0 radical (unpaired) electrons. The van der Waals surface area contributed by atoms with Crippen molar-refractivity contribution in [1.82, 2.24) is 30.4 Å². The summed E-state index contributed by atoms with van der Waals surface area (Å²) in [6, 6.07) is 5.42. The highest BCUT2D eigenvalue weighted by Gasteiger charge is 2.46. The summed E-state index contributed by atoms with van der Waals surface area (Å²) >= 11 is 0. The summed E-state index contributed by atoms with van der Waals surface area (Å²) in [5, 5.41) is 12.0. The van der Waals surface area contributed by atoms with E-state index in [0.717, 1.165) is 94.2 Å². The summed E-state index contributed by atoms with van der Waals surface area (Å²) in [5.41, 5.74) is 5.91. The summed E-state index contributed by atoms with van der Waals surface area (Å²) < 4.78 is 11.7. The molecule has 4 aliphatic heterocycles. The van der Waals surface area contributed by atoms with E-state index in [1.807, 2.05) is 6.20 Å². The predicted octanol–water partition coefficient (Wildman–Crippen LogP) is 1.49. The summed E-state index contributed by atoms with van der Waals surface area (Å²) in [5.74, 6) is 1.06. The van der Waals surface area contributed by atoms with Gasteiger partial charge < -0.3 is 24.6 Å². The molecule has 0 aliphatic carbocycles. The smallest absolute Gasteiger partial charge is 0.318 e. The van der Waals surface area contributed by atoms with E-state index in [2.05, 4.69) is 49.3 Å². The third-order valence-electron chi connectivity index (χ3n) is 8.17. The van der Waals surface area contributed by atoms with Crippen LogP contribution in [-0.4, -0.2) is 96.2 Å². The van der Waals surface area contributed by atoms with Gasteiger partial charge in [0.05, 0.1) is 55.0 Å². The standard InChI is InChI=1S/C26H34N8O2/c1-17-3-4-20-19(13-28-31-20)24(17)34-9-5-18-21(14-34)29-26(30-25(18)32-10-6-27-7-11-32)35-12-2-8-33-15-23-22(33)16-36-23/h3-4,13,22-23,27H,2,5-12,14-16H2,1H3,(H,28,31)/t22-,23?/m1/s1. The lowest BCUT2D eigenvalue weighted by Crippen LogP contribution is -2.70. The fourth-order valence-corrected chi connectivity index (χ4v) is 6.06. The molecule has 6 heterocycles. The van der Waals surface area contributed by atoms with Crippen LogP contribution in [0.25, 0.3) is 10.9 Å². The highest BCUT2D eigenvalue weighted by molar-refractivity contribution is 5.93. The monoisotopic (exact) mass is 490 g/mol. The number of H-pyrrole nitrogens is 1. The van der Waals surface area contributed by atoms with E-state index in [9.17, 15) is 0 Å². The molecule has 0 saturated carbocycles. The molecule has 10 nitrogen and oxygen atoms in total. The first-order valence-electron chi connectivity index (χ1n) is 13.3. The van der Waals surface area contributed by atoms with Gasteiger partial charge in [-0.2, -0.15) is 15.1 Å². The molecule has 3 fully saturated rings. The Hall–Kier alpha value is -2.95. The Morgan fingerprint density at radius 3 is 2.86 bits per heavy atom. The van der Waals surface area contributed by atoms with Gasteiger partial charge in [-0.15, -0.1) is 0 Å². The number of nitrogens with zero attached hydrogens (tertiary/aromatic N) is 6. The zero-order valence-corrected chi connectivity index (χ0v) is 20.9. The summed E-state index contributed by atoms with van der Waals surface area (Å²) in [4.78, 5) is 17.2. The average Bonchev–Trinajstić information content (AvgIpc) is 3.37. The van der Waals surface area contributed by atoms with E-state index in [1.165, 1.54) is 16.8 Å². The minimum Gasteiger partial charge on any atom is -0.463 e. The van der Waals surface area contributed by atoms with Gasteiger partial charge in [-0.3, -0.25) is 10.00 Å². The van der Waals surface area contributed by atoms with Crippen molar-refractivity contribution in [2.75, 3.05) is 68.8 Å². The highest BCUT2D eigenvalue weighted by atomic mass is 16.5. The van der Waals surface area contributed by atoms with Gasteiger partial charge in [-0.05, 0) is 31.4 Å². The van der Waals surface area contributed by atoms with Crippen molar-refractivity contribution in [3.05, 3.63) is 35.2 Å². The molecule has 1 aromatic carbocycles. The topological polar surface area (TPSA) is 94.7 Å². The second-order valence-corrected chi connectivity index (χ2v) is 10.4. The van der Waals surface area contributed by atoms with Crippen molar-refractivity contribution in [2.24, 2.45) is 0 Å². The van der Waals surface area contributed by atoms with Gasteiger partial charge in [0.1, 0.15) is 5.82 Å². The lowest BCUT2D eigenvalue weighted by Gasteiger charge is -2.55. The van der Waals surface area contributed by atoms with E-state index in [0.29, 0.717) is 24.8 Å². The molecular weight excluding hydrogens is 456 g/mol. The zero-order chi connectivity index (χ0) is 24.1. The fourth-order valence-electron chi connectivity index (χ4n) is 6.06. The molecule has 0 spiro atoms. The van der Waals surface area contributed by atoms with Crippen molar-refractivity contribution < 1.29 is 9.47 Å². The predicted molar refractivity (Wildman–Crippen MR) is 138 cm³/mol. The number of piperazine rings is 1. The summed E-state index contributed by atoms with van der Waals surface area (Å²) in [7, 11) is 0. The highest BCUT2D eigenvalue weighted by Crippen LogP contribution is 2.35. The Bertz CT molecular complexity index is 1260. The third-order valence-corrected chi connectivity index (χ3v) is 8.17. The summed E-state index contributed by atoms with van der Waals surface area (Å²) in [6.07, 6.45) is 4.31.